The van der Waals surface area contributed by atoms with Gasteiger partial charge in [0.1, 0.15) is 5.75 Å². The number of aryl methyl sites for hydroxylation is 1. The van der Waals surface area contributed by atoms with Crippen LogP contribution in [0.15, 0.2) is 48.5 Å². The Morgan fingerprint density at radius 3 is 2.50 bits per heavy atom. The predicted octanol–water partition coefficient (Wildman–Crippen LogP) is 2.84. The summed E-state index contributed by atoms with van der Waals surface area (Å²) in [6, 6.07) is 15.9. The van der Waals surface area contributed by atoms with E-state index >= 15 is 0 Å². The van der Waals surface area contributed by atoms with Crippen molar-refractivity contribution in [2.75, 3.05) is 37.6 Å². The molecule has 0 bridgehead atoms. The number of hydrogen-bond donors (Lipinski definition) is 0. The van der Waals surface area contributed by atoms with Crippen LogP contribution in [0.3, 0.4) is 0 Å². The summed E-state index contributed by atoms with van der Waals surface area (Å²) >= 11 is 0. The third-order valence-electron chi connectivity index (χ3n) is 6.00. The van der Waals surface area contributed by atoms with Crippen LogP contribution in [0.1, 0.15) is 25.0 Å². The fourth-order valence-electron chi connectivity index (χ4n) is 4.33. The summed E-state index contributed by atoms with van der Waals surface area (Å²) < 4.78 is 6.02. The van der Waals surface area contributed by atoms with E-state index in [4.69, 9.17) is 4.74 Å². The van der Waals surface area contributed by atoms with Crippen molar-refractivity contribution in [2.45, 2.75) is 32.9 Å². The van der Waals surface area contributed by atoms with E-state index in [0.717, 1.165) is 25.3 Å². The van der Waals surface area contributed by atoms with Gasteiger partial charge in [0.15, 0.2) is 0 Å². The molecule has 0 spiro atoms. The number of amides is 2. The number of rotatable bonds is 4. The number of fused-ring (bicyclic) bond motifs is 1. The number of nitrogens with zero attached hydrogens (tertiary/aromatic N) is 3. The molecule has 30 heavy (non-hydrogen) atoms. The first-order valence-electron chi connectivity index (χ1n) is 10.6. The van der Waals surface area contributed by atoms with Crippen LogP contribution >= 0.6 is 0 Å². The van der Waals surface area contributed by atoms with E-state index in [1.54, 1.807) is 16.7 Å². The molecule has 0 radical (unpaired) electrons. The van der Waals surface area contributed by atoms with E-state index in [2.05, 4.69) is 36.1 Å². The predicted molar refractivity (Wildman–Crippen MR) is 117 cm³/mol. The lowest BCUT2D eigenvalue weighted by Crippen LogP contribution is -2.64. The summed E-state index contributed by atoms with van der Waals surface area (Å²) in [5, 5.41) is 0. The van der Waals surface area contributed by atoms with Crippen LogP contribution in [0, 0.1) is 6.92 Å². The highest BCUT2D eigenvalue weighted by Crippen LogP contribution is 2.38. The molecule has 2 aliphatic heterocycles. The quantitative estimate of drug-likeness (QED) is 0.732. The van der Waals surface area contributed by atoms with Crippen LogP contribution in [0.5, 0.6) is 5.75 Å². The van der Waals surface area contributed by atoms with Gasteiger partial charge in [-0.05, 0) is 38.5 Å². The molecule has 1 fully saturated rings. The Morgan fingerprint density at radius 1 is 1.07 bits per heavy atom. The van der Waals surface area contributed by atoms with Crippen LogP contribution in [-0.4, -0.2) is 59.9 Å². The molecule has 0 aromatic heterocycles. The normalized spacial score (nSPS) is 21.9. The molecule has 1 unspecified atom stereocenters. The van der Waals surface area contributed by atoms with Gasteiger partial charge in [-0.15, -0.1) is 0 Å². The van der Waals surface area contributed by atoms with Crippen LogP contribution in [-0.2, 0) is 16.1 Å². The molecule has 1 saturated heterocycles. The van der Waals surface area contributed by atoms with Gasteiger partial charge in [-0.1, -0.05) is 42.0 Å². The number of carbonyl (C=O) groups excluding carboxylic acids is 2. The zero-order chi connectivity index (χ0) is 21.3. The maximum absolute atomic E-state index is 13.4. The van der Waals surface area contributed by atoms with Gasteiger partial charge in [-0.3, -0.25) is 14.5 Å². The highest BCUT2D eigenvalue weighted by Gasteiger charge is 2.52. The number of para-hydroxylation sites is 2. The molecule has 2 heterocycles. The molecular formula is C24H29N3O3. The number of likely N-dealkylation sites (N-methyl/N-ethyl adjacent to an activating group) is 1. The molecule has 6 nitrogen and oxygen atoms in total. The SMILES string of the molecule is CCN1C(=O)C(C)(C(=O)N2CCN(Cc3cccc(C)c3)CC2)Oc2ccccc21. The summed E-state index contributed by atoms with van der Waals surface area (Å²) in [5.74, 6) is 0.0273. The second-order valence-electron chi connectivity index (χ2n) is 8.21. The number of piperazine rings is 1. The first-order chi connectivity index (χ1) is 14.4. The summed E-state index contributed by atoms with van der Waals surface area (Å²) in [6.07, 6.45) is 0. The first kappa shape index (κ1) is 20.4. The summed E-state index contributed by atoms with van der Waals surface area (Å²) in [4.78, 5) is 32.4. The van der Waals surface area contributed by atoms with E-state index in [-0.39, 0.29) is 11.8 Å². The third kappa shape index (κ3) is 3.67. The van der Waals surface area contributed by atoms with E-state index in [0.29, 0.717) is 25.4 Å². The Balaban J connectivity index is 1.45. The highest BCUT2D eigenvalue weighted by atomic mass is 16.5. The van der Waals surface area contributed by atoms with Gasteiger partial charge in [0.2, 0.25) is 0 Å². The fourth-order valence-corrected chi connectivity index (χ4v) is 4.33. The molecule has 6 heteroatoms. The molecule has 1 atom stereocenters. The van der Waals surface area contributed by atoms with Crippen LogP contribution < -0.4 is 9.64 Å². The summed E-state index contributed by atoms with van der Waals surface area (Å²) in [5.41, 5.74) is 1.73. The van der Waals surface area contributed by atoms with Gasteiger partial charge in [-0.25, -0.2) is 0 Å². The number of benzene rings is 2. The number of ether oxygens (including phenoxy) is 1. The third-order valence-corrected chi connectivity index (χ3v) is 6.00. The fraction of sp³-hybridized carbons (Fsp3) is 0.417. The molecule has 2 aromatic rings. The topological polar surface area (TPSA) is 53.1 Å². The molecule has 2 amide bonds. The lowest BCUT2D eigenvalue weighted by Gasteiger charge is -2.43. The van der Waals surface area contributed by atoms with E-state index in [1.807, 2.05) is 31.2 Å². The lowest BCUT2D eigenvalue weighted by molar-refractivity contribution is -0.157. The second-order valence-corrected chi connectivity index (χ2v) is 8.21. The Hall–Kier alpha value is -2.86. The summed E-state index contributed by atoms with van der Waals surface area (Å²) in [7, 11) is 0. The van der Waals surface area contributed by atoms with Crippen LogP contribution in [0.2, 0.25) is 0 Å². The zero-order valence-corrected chi connectivity index (χ0v) is 17.9. The molecule has 0 saturated carbocycles. The summed E-state index contributed by atoms with van der Waals surface area (Å²) in [6.45, 7) is 9.70. The largest absolute Gasteiger partial charge is 0.465 e. The minimum atomic E-state index is -1.52. The van der Waals surface area contributed by atoms with Crippen molar-refractivity contribution in [3.05, 3.63) is 59.7 Å². The standard InChI is InChI=1S/C24H29N3O3/c1-4-27-20-10-5-6-11-21(20)30-24(3,23(27)29)22(28)26-14-12-25(13-15-26)17-19-9-7-8-18(2)16-19/h5-11,16H,4,12-15,17H2,1-3H3. The van der Waals surface area contributed by atoms with Gasteiger partial charge < -0.3 is 14.5 Å². The second kappa shape index (κ2) is 8.11. The van der Waals surface area contributed by atoms with Gasteiger partial charge in [0, 0.05) is 39.3 Å². The van der Waals surface area contributed by atoms with E-state index in [1.165, 1.54) is 11.1 Å². The molecule has 0 aliphatic carbocycles. The molecule has 2 aliphatic rings. The molecule has 4 rings (SSSR count). The highest BCUT2D eigenvalue weighted by molar-refractivity contribution is 6.16. The van der Waals surface area contributed by atoms with Crippen molar-refractivity contribution < 1.29 is 14.3 Å². The molecule has 158 valence electrons. The van der Waals surface area contributed by atoms with Gasteiger partial charge in [0.05, 0.1) is 5.69 Å². The Labute approximate surface area is 178 Å². The monoisotopic (exact) mass is 407 g/mol. The van der Waals surface area contributed by atoms with Gasteiger partial charge >= 0.3 is 0 Å². The number of hydrogen-bond acceptors (Lipinski definition) is 4. The van der Waals surface area contributed by atoms with E-state index < -0.39 is 5.60 Å². The van der Waals surface area contributed by atoms with Crippen LogP contribution in [0.4, 0.5) is 5.69 Å². The number of anilines is 1. The minimum absolute atomic E-state index is 0.254. The first-order valence-corrected chi connectivity index (χ1v) is 10.6. The molecule has 2 aromatic carbocycles. The van der Waals surface area contributed by atoms with Crippen molar-refractivity contribution in [3.63, 3.8) is 0 Å². The van der Waals surface area contributed by atoms with Gasteiger partial charge in [0.25, 0.3) is 17.4 Å². The average molecular weight is 408 g/mol. The smallest absolute Gasteiger partial charge is 0.280 e. The molecule has 0 N–H and O–H groups in total. The van der Waals surface area contributed by atoms with E-state index in [9.17, 15) is 9.59 Å². The van der Waals surface area contributed by atoms with Crippen molar-refractivity contribution in [3.8, 4) is 5.75 Å². The Kier molecular flexibility index (Phi) is 5.52. The average Bonchev–Trinajstić information content (AvgIpc) is 2.75. The lowest BCUT2D eigenvalue weighted by atomic mass is 9.98. The minimum Gasteiger partial charge on any atom is -0.465 e. The van der Waals surface area contributed by atoms with Crippen molar-refractivity contribution in [1.82, 2.24) is 9.80 Å². The van der Waals surface area contributed by atoms with Gasteiger partial charge in [-0.2, -0.15) is 0 Å². The Morgan fingerprint density at radius 2 is 1.80 bits per heavy atom. The maximum Gasteiger partial charge on any atom is 0.280 e. The van der Waals surface area contributed by atoms with Crippen molar-refractivity contribution in [2.24, 2.45) is 0 Å². The zero-order valence-electron chi connectivity index (χ0n) is 17.9. The molecular weight excluding hydrogens is 378 g/mol. The maximum atomic E-state index is 13.4. The Bertz CT molecular complexity index is 952. The van der Waals surface area contributed by atoms with Crippen LogP contribution in [0.25, 0.3) is 0 Å². The van der Waals surface area contributed by atoms with Crippen molar-refractivity contribution in [1.29, 1.82) is 0 Å². The van der Waals surface area contributed by atoms with Crippen molar-refractivity contribution >= 4 is 17.5 Å². The number of carbonyl (C=O) groups is 2.